The number of nitrogens with one attached hydrogen (secondary N) is 2. The Morgan fingerprint density at radius 3 is 2.70 bits per heavy atom. The Balaban J connectivity index is 2.11. The van der Waals surface area contributed by atoms with Gasteiger partial charge < -0.3 is 4.98 Å². The molecule has 0 spiro atoms. The Morgan fingerprint density at radius 1 is 1.26 bits per heavy atom. The van der Waals surface area contributed by atoms with Crippen LogP contribution in [-0.2, 0) is 10.0 Å². The summed E-state index contributed by atoms with van der Waals surface area (Å²) in [4.78, 5) is 15.1. The average molecular weight is 348 g/mol. The summed E-state index contributed by atoms with van der Waals surface area (Å²) in [5.41, 5.74) is 2.44. The van der Waals surface area contributed by atoms with Crippen LogP contribution in [0.5, 0.6) is 0 Å². The van der Waals surface area contributed by atoms with Gasteiger partial charge in [-0.25, -0.2) is 8.42 Å². The highest BCUT2D eigenvalue weighted by molar-refractivity contribution is 7.94. The first-order chi connectivity index (χ1) is 10.9. The number of H-pyrrole nitrogens is 1. The van der Waals surface area contributed by atoms with E-state index in [4.69, 9.17) is 0 Å². The molecule has 3 aromatic rings. The standard InChI is InChI=1S/C16H16N2O3S2/c1-3-13(19)15-10(2)11-6-4-7-12(16(11)17-15)18-23(20,21)14-8-5-9-22-14/h4-9,17-18H,3H2,1-2H3. The molecule has 2 heterocycles. The van der Waals surface area contributed by atoms with Crippen molar-refractivity contribution < 1.29 is 13.2 Å². The number of para-hydroxylation sites is 1. The van der Waals surface area contributed by atoms with E-state index in [0.29, 0.717) is 23.3 Å². The highest BCUT2D eigenvalue weighted by Crippen LogP contribution is 2.30. The lowest BCUT2D eigenvalue weighted by atomic mass is 10.1. The van der Waals surface area contributed by atoms with Crippen molar-refractivity contribution in [2.45, 2.75) is 24.5 Å². The summed E-state index contributed by atoms with van der Waals surface area (Å²) in [5, 5.41) is 2.56. The molecule has 3 rings (SSSR count). The molecule has 0 bridgehead atoms. The maximum absolute atomic E-state index is 12.4. The Bertz CT molecular complexity index is 970. The SMILES string of the molecule is CCC(=O)c1[nH]c2c(NS(=O)(=O)c3cccs3)cccc2c1C. The number of hydrogen-bond acceptors (Lipinski definition) is 4. The second-order valence-corrected chi connectivity index (χ2v) is 8.02. The van der Waals surface area contributed by atoms with E-state index in [1.54, 1.807) is 36.6 Å². The number of Topliss-reactive ketones (excluding diaryl/α,β-unsaturated/α-hetero) is 1. The molecule has 0 amide bonds. The summed E-state index contributed by atoms with van der Waals surface area (Å²) >= 11 is 1.16. The van der Waals surface area contributed by atoms with Gasteiger partial charge in [-0.05, 0) is 30.0 Å². The molecule has 0 aliphatic heterocycles. The maximum atomic E-state index is 12.4. The summed E-state index contributed by atoms with van der Waals surface area (Å²) < 4.78 is 27.7. The number of aryl methyl sites for hydroxylation is 1. The van der Waals surface area contributed by atoms with Gasteiger partial charge in [-0.15, -0.1) is 11.3 Å². The molecule has 0 aliphatic carbocycles. The van der Waals surface area contributed by atoms with Crippen LogP contribution in [-0.4, -0.2) is 19.2 Å². The maximum Gasteiger partial charge on any atom is 0.271 e. The number of sulfonamides is 1. The van der Waals surface area contributed by atoms with E-state index in [9.17, 15) is 13.2 Å². The minimum absolute atomic E-state index is 0.00534. The van der Waals surface area contributed by atoms with Gasteiger partial charge in [-0.3, -0.25) is 9.52 Å². The van der Waals surface area contributed by atoms with Crippen LogP contribution < -0.4 is 4.72 Å². The molecule has 0 radical (unpaired) electrons. The third-order valence-corrected chi connectivity index (χ3v) is 6.46. The number of hydrogen-bond donors (Lipinski definition) is 2. The van der Waals surface area contributed by atoms with Gasteiger partial charge in [0.25, 0.3) is 10.0 Å². The third kappa shape index (κ3) is 2.77. The number of anilines is 1. The van der Waals surface area contributed by atoms with E-state index in [1.165, 1.54) is 0 Å². The fraction of sp³-hybridized carbons (Fsp3) is 0.188. The largest absolute Gasteiger partial charge is 0.350 e. The van der Waals surface area contributed by atoms with Gasteiger partial charge in [0, 0.05) is 11.8 Å². The molecule has 2 aromatic heterocycles. The molecule has 0 fully saturated rings. The first-order valence-corrected chi connectivity index (χ1v) is 9.51. The topological polar surface area (TPSA) is 79.0 Å². The second kappa shape index (κ2) is 5.82. The van der Waals surface area contributed by atoms with Crippen LogP contribution in [0.2, 0.25) is 0 Å². The zero-order valence-corrected chi connectivity index (χ0v) is 14.3. The van der Waals surface area contributed by atoms with E-state index < -0.39 is 10.0 Å². The fourth-order valence-electron chi connectivity index (χ4n) is 2.51. The van der Waals surface area contributed by atoms with Gasteiger partial charge >= 0.3 is 0 Å². The van der Waals surface area contributed by atoms with E-state index in [0.717, 1.165) is 22.3 Å². The molecule has 0 saturated heterocycles. The van der Waals surface area contributed by atoms with Gasteiger partial charge in [-0.2, -0.15) is 0 Å². The van der Waals surface area contributed by atoms with Crippen LogP contribution in [0.25, 0.3) is 10.9 Å². The average Bonchev–Trinajstić information content (AvgIpc) is 3.16. The number of carbonyl (C=O) groups excluding carboxylic acids is 1. The van der Waals surface area contributed by atoms with Crippen molar-refractivity contribution in [2.24, 2.45) is 0 Å². The molecular formula is C16H16N2O3S2. The van der Waals surface area contributed by atoms with Gasteiger partial charge in [0.2, 0.25) is 0 Å². The van der Waals surface area contributed by atoms with Crippen LogP contribution in [0.4, 0.5) is 5.69 Å². The van der Waals surface area contributed by atoms with Crippen molar-refractivity contribution in [2.75, 3.05) is 4.72 Å². The lowest BCUT2D eigenvalue weighted by molar-refractivity contribution is 0.0983. The summed E-state index contributed by atoms with van der Waals surface area (Å²) in [5.74, 6) is 0.00534. The number of benzene rings is 1. The van der Waals surface area contributed by atoms with E-state index in [2.05, 4.69) is 9.71 Å². The molecule has 0 atom stereocenters. The predicted molar refractivity (Wildman–Crippen MR) is 92.8 cm³/mol. The first-order valence-electron chi connectivity index (χ1n) is 7.15. The molecule has 0 saturated carbocycles. The molecule has 120 valence electrons. The van der Waals surface area contributed by atoms with E-state index >= 15 is 0 Å². The number of aromatic amines is 1. The molecule has 5 nitrogen and oxygen atoms in total. The van der Waals surface area contributed by atoms with E-state index in [-0.39, 0.29) is 9.99 Å². The fourth-order valence-corrected chi connectivity index (χ4v) is 4.57. The summed E-state index contributed by atoms with van der Waals surface area (Å²) in [6.07, 6.45) is 0.393. The third-order valence-electron chi connectivity index (χ3n) is 3.70. The predicted octanol–water partition coefficient (Wildman–Crippen LogP) is 3.93. The van der Waals surface area contributed by atoms with Crippen LogP contribution in [0.3, 0.4) is 0 Å². The van der Waals surface area contributed by atoms with Gasteiger partial charge in [0.15, 0.2) is 5.78 Å². The number of carbonyl (C=O) groups is 1. The van der Waals surface area contributed by atoms with Crippen LogP contribution in [0, 0.1) is 6.92 Å². The second-order valence-electron chi connectivity index (χ2n) is 5.17. The highest BCUT2D eigenvalue weighted by atomic mass is 32.2. The molecule has 0 aliphatic rings. The van der Waals surface area contributed by atoms with Gasteiger partial charge in [0.1, 0.15) is 4.21 Å². The zero-order chi connectivity index (χ0) is 16.6. The smallest absolute Gasteiger partial charge is 0.271 e. The Kier molecular flexibility index (Phi) is 3.99. The van der Waals surface area contributed by atoms with Gasteiger partial charge in [-0.1, -0.05) is 25.1 Å². The minimum atomic E-state index is -3.63. The molecule has 0 unspecified atom stereocenters. The number of fused-ring (bicyclic) bond motifs is 1. The quantitative estimate of drug-likeness (QED) is 0.686. The first kappa shape index (κ1) is 15.8. The summed E-state index contributed by atoms with van der Waals surface area (Å²) in [6, 6.07) is 8.57. The molecule has 1 aromatic carbocycles. The monoisotopic (exact) mass is 348 g/mol. The van der Waals surface area contributed by atoms with Crippen LogP contribution in [0.15, 0.2) is 39.9 Å². The number of rotatable bonds is 5. The van der Waals surface area contributed by atoms with Crippen molar-refractivity contribution in [1.82, 2.24) is 4.98 Å². The van der Waals surface area contributed by atoms with Crippen LogP contribution in [0.1, 0.15) is 29.4 Å². The Labute approximate surface area is 138 Å². The lowest BCUT2D eigenvalue weighted by Gasteiger charge is -2.07. The number of ketones is 1. The van der Waals surface area contributed by atoms with Crippen LogP contribution >= 0.6 is 11.3 Å². The van der Waals surface area contributed by atoms with Crippen molar-refractivity contribution in [3.8, 4) is 0 Å². The molecule has 7 heteroatoms. The molecule has 2 N–H and O–H groups in total. The number of thiophene rings is 1. The van der Waals surface area contributed by atoms with Crippen molar-refractivity contribution >= 4 is 43.7 Å². The summed E-state index contributed by atoms with van der Waals surface area (Å²) in [6.45, 7) is 3.66. The Morgan fingerprint density at radius 2 is 2.04 bits per heavy atom. The highest BCUT2D eigenvalue weighted by Gasteiger charge is 2.19. The normalized spacial score (nSPS) is 11.7. The van der Waals surface area contributed by atoms with Crippen molar-refractivity contribution in [3.63, 3.8) is 0 Å². The molecule has 23 heavy (non-hydrogen) atoms. The zero-order valence-electron chi connectivity index (χ0n) is 12.7. The van der Waals surface area contributed by atoms with Crippen molar-refractivity contribution in [3.05, 3.63) is 47.0 Å². The molecular weight excluding hydrogens is 332 g/mol. The number of aromatic nitrogens is 1. The van der Waals surface area contributed by atoms with Gasteiger partial charge in [0.05, 0.1) is 16.9 Å². The van der Waals surface area contributed by atoms with Crippen molar-refractivity contribution in [1.29, 1.82) is 0 Å². The lowest BCUT2D eigenvalue weighted by Crippen LogP contribution is -2.11. The Hall–Kier alpha value is -2.12. The minimum Gasteiger partial charge on any atom is -0.350 e. The summed E-state index contributed by atoms with van der Waals surface area (Å²) in [7, 11) is -3.63. The van der Waals surface area contributed by atoms with E-state index in [1.807, 2.05) is 13.0 Å².